The third-order valence-corrected chi connectivity index (χ3v) is 5.76. The molecule has 0 spiro atoms. The van der Waals surface area contributed by atoms with E-state index in [1.165, 1.54) is 10.8 Å². The van der Waals surface area contributed by atoms with Crippen LogP contribution in [0.25, 0.3) is 54.9 Å². The highest BCUT2D eigenvalue weighted by Crippen LogP contribution is 2.38. The van der Waals surface area contributed by atoms with Crippen molar-refractivity contribution in [2.45, 2.75) is 19.8 Å². The molecule has 0 radical (unpaired) electrons. The predicted octanol–water partition coefficient (Wildman–Crippen LogP) is 7.47. The van der Waals surface area contributed by atoms with E-state index in [0.717, 1.165) is 49.9 Å². The van der Waals surface area contributed by atoms with Crippen LogP contribution in [-0.2, 0) is 0 Å². The topological polar surface area (TPSA) is 38.9 Å². The Hall–Kier alpha value is -3.72. The molecule has 0 aliphatic heterocycles. The number of hydrogen-bond donors (Lipinski definition) is 0. The summed E-state index contributed by atoms with van der Waals surface area (Å²) in [5, 5.41) is 5.70. The summed E-state index contributed by atoms with van der Waals surface area (Å²) < 4.78 is 6.47. The van der Waals surface area contributed by atoms with Gasteiger partial charge in [-0.2, -0.15) is 0 Å². The fraction of sp³-hybridized carbons (Fsp3) is 0.111. The Bertz CT molecular complexity index is 1580. The Morgan fingerprint density at radius 1 is 0.667 bits per heavy atom. The molecule has 0 N–H and O–H groups in total. The normalized spacial score (nSPS) is 12.0. The molecule has 0 amide bonds. The van der Waals surface area contributed by atoms with Crippen molar-refractivity contribution >= 4 is 43.6 Å². The minimum atomic E-state index is 0.221. The summed E-state index contributed by atoms with van der Waals surface area (Å²) >= 11 is 0. The van der Waals surface area contributed by atoms with Crippen molar-refractivity contribution in [1.29, 1.82) is 0 Å². The molecule has 0 fully saturated rings. The van der Waals surface area contributed by atoms with Crippen molar-refractivity contribution < 1.29 is 4.42 Å². The molecule has 2 heterocycles. The summed E-state index contributed by atoms with van der Waals surface area (Å²) in [6.07, 6.45) is 0. The Morgan fingerprint density at radius 3 is 2.23 bits per heavy atom. The molecule has 0 aliphatic carbocycles. The first-order valence-electron chi connectivity index (χ1n) is 10.3. The highest BCUT2D eigenvalue weighted by atomic mass is 16.3. The number of aromatic nitrogens is 2. The summed E-state index contributed by atoms with van der Waals surface area (Å²) in [5.74, 6) is 1.06. The molecule has 0 unspecified atom stereocenters. The lowest BCUT2D eigenvalue weighted by Crippen LogP contribution is -1.99. The van der Waals surface area contributed by atoms with E-state index in [-0.39, 0.29) is 5.92 Å². The second-order valence-electron chi connectivity index (χ2n) is 8.09. The summed E-state index contributed by atoms with van der Waals surface area (Å²) in [4.78, 5) is 9.86. The van der Waals surface area contributed by atoms with E-state index in [1.807, 2.05) is 12.1 Å². The van der Waals surface area contributed by atoms with Gasteiger partial charge < -0.3 is 4.42 Å². The first-order valence-corrected chi connectivity index (χ1v) is 10.3. The molecule has 30 heavy (non-hydrogen) atoms. The van der Waals surface area contributed by atoms with E-state index < -0.39 is 0 Å². The largest absolute Gasteiger partial charge is 0.451 e. The van der Waals surface area contributed by atoms with E-state index >= 15 is 0 Å². The molecule has 3 nitrogen and oxygen atoms in total. The lowest BCUT2D eigenvalue weighted by Gasteiger charge is -2.09. The quantitative estimate of drug-likeness (QED) is 0.309. The molecule has 0 aliphatic rings. The van der Waals surface area contributed by atoms with E-state index in [4.69, 9.17) is 14.4 Å². The Kier molecular flexibility index (Phi) is 3.66. The number of hydrogen-bond acceptors (Lipinski definition) is 3. The summed E-state index contributed by atoms with van der Waals surface area (Å²) in [6, 6.07) is 27.4. The first-order chi connectivity index (χ1) is 14.7. The number of rotatable bonds is 2. The van der Waals surface area contributed by atoms with E-state index in [0.29, 0.717) is 0 Å². The molecule has 0 saturated carbocycles. The van der Waals surface area contributed by atoms with Crippen LogP contribution in [0, 0.1) is 0 Å². The molecule has 0 atom stereocenters. The van der Waals surface area contributed by atoms with Crippen LogP contribution in [-0.4, -0.2) is 9.97 Å². The van der Waals surface area contributed by atoms with Gasteiger partial charge in [0.25, 0.3) is 0 Å². The summed E-state index contributed by atoms with van der Waals surface area (Å²) in [5.41, 5.74) is 4.42. The van der Waals surface area contributed by atoms with E-state index in [1.54, 1.807) is 0 Å². The van der Waals surface area contributed by atoms with Crippen LogP contribution in [0.2, 0.25) is 0 Å². The smallest absolute Gasteiger partial charge is 0.180 e. The number of furan rings is 1. The highest BCUT2D eigenvalue weighted by molar-refractivity contribution is 6.15. The molecule has 0 bridgehead atoms. The van der Waals surface area contributed by atoms with Gasteiger partial charge in [0, 0.05) is 22.3 Å². The van der Waals surface area contributed by atoms with Crippen molar-refractivity contribution in [3.05, 3.63) is 84.7 Å². The molecule has 4 aromatic carbocycles. The predicted molar refractivity (Wildman–Crippen MR) is 124 cm³/mol. The standard InChI is InChI=1S/C27H20N2O/c1-16(2)27-28-23(20-12-11-17-7-3-4-9-19(17)15-20)26-24(29-27)22-14-13-18-8-5-6-10-21(18)25(22)30-26/h3-16H,1-2H3. The molecular formula is C27H20N2O. The van der Waals surface area contributed by atoms with Crippen LogP contribution in [0.15, 0.2) is 83.3 Å². The lowest BCUT2D eigenvalue weighted by molar-refractivity contribution is 0.667. The second kappa shape index (κ2) is 6.39. The van der Waals surface area contributed by atoms with Crippen molar-refractivity contribution in [1.82, 2.24) is 9.97 Å². The minimum Gasteiger partial charge on any atom is -0.451 e. The van der Waals surface area contributed by atoms with Crippen molar-refractivity contribution in [3.8, 4) is 11.3 Å². The SMILES string of the molecule is CC(C)c1nc(-c2ccc3ccccc3c2)c2oc3c4ccccc4ccc3c2n1. The maximum atomic E-state index is 6.47. The molecule has 3 heteroatoms. The number of nitrogens with zero attached hydrogens (tertiary/aromatic N) is 2. The van der Waals surface area contributed by atoms with E-state index in [9.17, 15) is 0 Å². The van der Waals surface area contributed by atoms with Gasteiger partial charge in [0.1, 0.15) is 22.6 Å². The fourth-order valence-electron chi connectivity index (χ4n) is 4.18. The van der Waals surface area contributed by atoms with E-state index in [2.05, 4.69) is 80.6 Å². The van der Waals surface area contributed by atoms with Gasteiger partial charge >= 0.3 is 0 Å². The maximum absolute atomic E-state index is 6.47. The number of fused-ring (bicyclic) bond motifs is 6. The Labute approximate surface area is 174 Å². The van der Waals surface area contributed by atoms with Crippen molar-refractivity contribution in [2.75, 3.05) is 0 Å². The molecule has 2 aromatic heterocycles. The van der Waals surface area contributed by atoms with Crippen molar-refractivity contribution in [3.63, 3.8) is 0 Å². The van der Waals surface area contributed by atoms with Gasteiger partial charge in [-0.15, -0.1) is 0 Å². The summed E-state index contributed by atoms with van der Waals surface area (Å²) in [6.45, 7) is 4.26. The highest BCUT2D eigenvalue weighted by Gasteiger charge is 2.19. The molecule has 6 aromatic rings. The molecule has 144 valence electrons. The van der Waals surface area contributed by atoms with Gasteiger partial charge in [-0.05, 0) is 28.3 Å². The zero-order chi connectivity index (χ0) is 20.2. The average Bonchev–Trinajstić information content (AvgIpc) is 3.17. The van der Waals surface area contributed by atoms with Crippen LogP contribution in [0.1, 0.15) is 25.6 Å². The zero-order valence-corrected chi connectivity index (χ0v) is 16.9. The number of benzene rings is 4. The van der Waals surface area contributed by atoms with Crippen LogP contribution in [0.4, 0.5) is 0 Å². The van der Waals surface area contributed by atoms with Crippen LogP contribution in [0.3, 0.4) is 0 Å². The lowest BCUT2D eigenvalue weighted by atomic mass is 10.0. The van der Waals surface area contributed by atoms with Crippen LogP contribution >= 0.6 is 0 Å². The first kappa shape index (κ1) is 17.2. The van der Waals surface area contributed by atoms with Gasteiger partial charge in [-0.25, -0.2) is 9.97 Å². The molecule has 6 rings (SSSR count). The van der Waals surface area contributed by atoms with Gasteiger partial charge in [-0.3, -0.25) is 0 Å². The minimum absolute atomic E-state index is 0.221. The maximum Gasteiger partial charge on any atom is 0.180 e. The van der Waals surface area contributed by atoms with Gasteiger partial charge in [0.05, 0.1) is 0 Å². The van der Waals surface area contributed by atoms with Crippen LogP contribution in [0.5, 0.6) is 0 Å². The van der Waals surface area contributed by atoms with Crippen LogP contribution < -0.4 is 0 Å². The van der Waals surface area contributed by atoms with Crippen molar-refractivity contribution in [2.24, 2.45) is 0 Å². The summed E-state index contributed by atoms with van der Waals surface area (Å²) in [7, 11) is 0. The monoisotopic (exact) mass is 388 g/mol. The Morgan fingerprint density at radius 2 is 1.40 bits per heavy atom. The third kappa shape index (κ3) is 2.52. The molecule has 0 saturated heterocycles. The van der Waals surface area contributed by atoms with Gasteiger partial charge in [0.15, 0.2) is 5.58 Å². The Balaban J connectivity index is 1.74. The fourth-order valence-corrected chi connectivity index (χ4v) is 4.18. The zero-order valence-electron chi connectivity index (χ0n) is 16.9. The van der Waals surface area contributed by atoms with Gasteiger partial charge in [0.2, 0.25) is 0 Å². The van der Waals surface area contributed by atoms with Gasteiger partial charge in [-0.1, -0.05) is 80.6 Å². The second-order valence-corrected chi connectivity index (χ2v) is 8.09. The average molecular weight is 388 g/mol. The third-order valence-electron chi connectivity index (χ3n) is 5.76. The molecular weight excluding hydrogens is 368 g/mol.